The molecule has 0 fully saturated rings. The molecule has 3 rings (SSSR count). The maximum Gasteiger partial charge on any atom is 0.352 e. The van der Waals surface area contributed by atoms with Crippen LogP contribution in [0.5, 0.6) is 0 Å². The van der Waals surface area contributed by atoms with Gasteiger partial charge in [0.1, 0.15) is 5.69 Å². The summed E-state index contributed by atoms with van der Waals surface area (Å²) in [6, 6.07) is 16.2. The maximum absolute atomic E-state index is 12.2. The van der Waals surface area contributed by atoms with Crippen LogP contribution in [0.1, 0.15) is 47.4 Å². The Bertz CT molecular complexity index is 958. The van der Waals surface area contributed by atoms with Crippen LogP contribution in [0.3, 0.4) is 0 Å². The predicted octanol–water partition coefficient (Wildman–Crippen LogP) is 4.60. The van der Waals surface area contributed by atoms with Crippen molar-refractivity contribution in [2.45, 2.75) is 46.4 Å². The highest BCUT2D eigenvalue weighted by atomic mass is 16.5. The normalized spacial score (nSPS) is 11.4. The lowest BCUT2D eigenvalue weighted by atomic mass is 10.1. The van der Waals surface area contributed by atoms with Crippen molar-refractivity contribution in [2.75, 3.05) is 13.2 Å². The maximum atomic E-state index is 12.2. The zero-order chi connectivity index (χ0) is 20.8. The van der Waals surface area contributed by atoms with Crippen LogP contribution in [0.2, 0.25) is 0 Å². The van der Waals surface area contributed by atoms with Crippen molar-refractivity contribution in [3.8, 4) is 0 Å². The Labute approximate surface area is 172 Å². The number of hydrogen-bond acceptors (Lipinski definition) is 3. The van der Waals surface area contributed by atoms with Crippen LogP contribution in [-0.4, -0.2) is 34.9 Å². The number of rotatable bonds is 10. The molecule has 1 aromatic heterocycles. The third-order valence-corrected chi connectivity index (χ3v) is 4.99. The molecule has 0 saturated heterocycles. The SMILES string of the molecule is Cc1ccc(Cn2c(C(=O)O)c(CNCCCOC(C)C)c3ccccc32)cc1. The van der Waals surface area contributed by atoms with Crippen LogP contribution in [0.15, 0.2) is 48.5 Å². The largest absolute Gasteiger partial charge is 0.477 e. The van der Waals surface area contributed by atoms with E-state index in [0.717, 1.165) is 35.0 Å². The summed E-state index contributed by atoms with van der Waals surface area (Å²) < 4.78 is 7.48. The van der Waals surface area contributed by atoms with Crippen LogP contribution in [0, 0.1) is 6.92 Å². The van der Waals surface area contributed by atoms with Gasteiger partial charge in [0.2, 0.25) is 0 Å². The molecule has 0 aliphatic rings. The molecule has 0 saturated carbocycles. The van der Waals surface area contributed by atoms with Crippen molar-refractivity contribution < 1.29 is 14.6 Å². The van der Waals surface area contributed by atoms with Gasteiger partial charge in [0.25, 0.3) is 0 Å². The number of para-hydroxylation sites is 1. The Morgan fingerprint density at radius 3 is 2.55 bits per heavy atom. The minimum absolute atomic E-state index is 0.230. The van der Waals surface area contributed by atoms with Crippen LogP contribution in [0.4, 0.5) is 0 Å². The number of carboxylic acid groups (broad SMARTS) is 1. The van der Waals surface area contributed by atoms with E-state index in [-0.39, 0.29) is 6.10 Å². The van der Waals surface area contributed by atoms with Gasteiger partial charge in [-0.05, 0) is 45.4 Å². The Hall–Kier alpha value is -2.63. The van der Waals surface area contributed by atoms with Crippen molar-refractivity contribution in [1.82, 2.24) is 9.88 Å². The van der Waals surface area contributed by atoms with Gasteiger partial charge in [-0.3, -0.25) is 0 Å². The van der Waals surface area contributed by atoms with Gasteiger partial charge in [0.05, 0.1) is 6.10 Å². The molecule has 0 amide bonds. The number of hydrogen-bond donors (Lipinski definition) is 2. The minimum Gasteiger partial charge on any atom is -0.477 e. The standard InChI is InChI=1S/C24H30N2O3/c1-17(2)29-14-6-13-25-15-21-20-7-4-5-8-22(20)26(23(21)24(27)28)16-19-11-9-18(3)10-12-19/h4-5,7-12,17,25H,6,13-16H2,1-3H3,(H,27,28). The van der Waals surface area contributed by atoms with Crippen molar-refractivity contribution in [1.29, 1.82) is 0 Å². The fraction of sp³-hybridized carbons (Fsp3) is 0.375. The molecular formula is C24H30N2O3. The first kappa shape index (κ1) is 21.1. The lowest BCUT2D eigenvalue weighted by Gasteiger charge is -2.11. The predicted molar refractivity (Wildman–Crippen MR) is 117 cm³/mol. The second-order valence-corrected chi connectivity index (χ2v) is 7.67. The Kier molecular flexibility index (Phi) is 7.07. The number of carboxylic acids is 1. The van der Waals surface area contributed by atoms with Gasteiger partial charge in [0.15, 0.2) is 0 Å². The molecule has 0 radical (unpaired) electrons. The van der Waals surface area contributed by atoms with E-state index in [1.54, 1.807) is 0 Å². The summed E-state index contributed by atoms with van der Waals surface area (Å²) in [6.45, 7) is 8.63. The molecule has 1 heterocycles. The molecule has 0 aliphatic heterocycles. The highest BCUT2D eigenvalue weighted by Gasteiger charge is 2.22. The number of aromatic nitrogens is 1. The van der Waals surface area contributed by atoms with Gasteiger partial charge in [-0.1, -0.05) is 48.0 Å². The average molecular weight is 395 g/mol. The number of aromatic carboxylic acids is 1. The van der Waals surface area contributed by atoms with E-state index < -0.39 is 5.97 Å². The quantitative estimate of drug-likeness (QED) is 0.493. The molecule has 2 aromatic carbocycles. The van der Waals surface area contributed by atoms with E-state index in [4.69, 9.17) is 4.74 Å². The first-order chi connectivity index (χ1) is 14.0. The molecule has 154 valence electrons. The van der Waals surface area contributed by atoms with E-state index in [1.807, 2.05) is 49.6 Å². The van der Waals surface area contributed by atoms with E-state index in [2.05, 4.69) is 29.6 Å². The molecule has 5 nitrogen and oxygen atoms in total. The molecule has 0 aliphatic carbocycles. The zero-order valence-electron chi connectivity index (χ0n) is 17.4. The lowest BCUT2D eigenvalue weighted by molar-refractivity contribution is 0.0683. The second kappa shape index (κ2) is 9.72. The van der Waals surface area contributed by atoms with Crippen molar-refractivity contribution in [3.63, 3.8) is 0 Å². The molecular weight excluding hydrogens is 364 g/mol. The van der Waals surface area contributed by atoms with Gasteiger partial charge in [-0.15, -0.1) is 0 Å². The summed E-state index contributed by atoms with van der Waals surface area (Å²) >= 11 is 0. The number of aryl methyl sites for hydroxylation is 1. The second-order valence-electron chi connectivity index (χ2n) is 7.67. The summed E-state index contributed by atoms with van der Waals surface area (Å²) in [7, 11) is 0. The smallest absolute Gasteiger partial charge is 0.352 e. The van der Waals surface area contributed by atoms with Gasteiger partial charge in [-0.2, -0.15) is 0 Å². The minimum atomic E-state index is -0.895. The lowest BCUT2D eigenvalue weighted by Crippen LogP contribution is -2.19. The number of nitrogens with zero attached hydrogens (tertiary/aromatic N) is 1. The summed E-state index contributed by atoms with van der Waals surface area (Å²) in [5.74, 6) is -0.895. The molecule has 3 aromatic rings. The van der Waals surface area contributed by atoms with Crippen molar-refractivity contribution in [3.05, 3.63) is 70.9 Å². The molecule has 0 spiro atoms. The van der Waals surface area contributed by atoms with Gasteiger partial charge >= 0.3 is 5.97 Å². The third-order valence-electron chi connectivity index (χ3n) is 4.99. The molecule has 0 bridgehead atoms. The summed E-state index contributed by atoms with van der Waals surface area (Å²) in [5.41, 5.74) is 4.42. The van der Waals surface area contributed by atoms with E-state index >= 15 is 0 Å². The van der Waals surface area contributed by atoms with E-state index in [9.17, 15) is 9.90 Å². The summed E-state index contributed by atoms with van der Waals surface area (Å²) in [6.07, 6.45) is 1.12. The summed E-state index contributed by atoms with van der Waals surface area (Å²) in [4.78, 5) is 12.2. The van der Waals surface area contributed by atoms with E-state index in [1.165, 1.54) is 5.56 Å². The van der Waals surface area contributed by atoms with Crippen molar-refractivity contribution >= 4 is 16.9 Å². The molecule has 5 heteroatoms. The Balaban J connectivity index is 1.85. The first-order valence-electron chi connectivity index (χ1n) is 10.2. The van der Waals surface area contributed by atoms with Crippen LogP contribution >= 0.6 is 0 Å². The monoisotopic (exact) mass is 394 g/mol. The van der Waals surface area contributed by atoms with E-state index in [0.29, 0.717) is 25.4 Å². The molecule has 29 heavy (non-hydrogen) atoms. The topological polar surface area (TPSA) is 63.5 Å². The molecule has 0 atom stereocenters. The highest BCUT2D eigenvalue weighted by Crippen LogP contribution is 2.27. The molecule has 2 N–H and O–H groups in total. The molecule has 0 unspecified atom stereocenters. The number of fused-ring (bicyclic) bond motifs is 1. The summed E-state index contributed by atoms with van der Waals surface area (Å²) in [5, 5.41) is 14.4. The number of nitrogens with one attached hydrogen (secondary N) is 1. The Morgan fingerprint density at radius 1 is 1.14 bits per heavy atom. The first-order valence-corrected chi connectivity index (χ1v) is 10.2. The number of ether oxygens (including phenoxy) is 1. The fourth-order valence-corrected chi connectivity index (χ4v) is 3.57. The number of carbonyl (C=O) groups is 1. The van der Waals surface area contributed by atoms with Crippen molar-refractivity contribution in [2.24, 2.45) is 0 Å². The Morgan fingerprint density at radius 2 is 1.86 bits per heavy atom. The fourth-order valence-electron chi connectivity index (χ4n) is 3.57. The van der Waals surface area contributed by atoms with Gasteiger partial charge < -0.3 is 19.7 Å². The average Bonchev–Trinajstić information content (AvgIpc) is 3.00. The highest BCUT2D eigenvalue weighted by molar-refractivity contribution is 5.98. The third kappa shape index (κ3) is 5.25. The van der Waals surface area contributed by atoms with Crippen LogP contribution < -0.4 is 5.32 Å². The van der Waals surface area contributed by atoms with Gasteiger partial charge in [0, 0.05) is 36.2 Å². The zero-order valence-corrected chi connectivity index (χ0v) is 17.4. The van der Waals surface area contributed by atoms with Crippen LogP contribution in [-0.2, 0) is 17.8 Å². The number of benzene rings is 2. The van der Waals surface area contributed by atoms with Gasteiger partial charge in [-0.25, -0.2) is 4.79 Å². The van der Waals surface area contributed by atoms with Crippen LogP contribution in [0.25, 0.3) is 10.9 Å².